The first-order valence-corrected chi connectivity index (χ1v) is 10.5. The van der Waals surface area contributed by atoms with Gasteiger partial charge in [-0.25, -0.2) is 4.98 Å². The van der Waals surface area contributed by atoms with E-state index < -0.39 is 0 Å². The Balaban J connectivity index is 2.03. The molecule has 0 atom stereocenters. The maximum absolute atomic E-state index is 10.6. The average molecular weight is 438 g/mol. The van der Waals surface area contributed by atoms with Gasteiger partial charge in [-0.05, 0) is 31.4 Å². The minimum atomic E-state index is -0.215. The summed E-state index contributed by atoms with van der Waals surface area (Å²) in [4.78, 5) is 4.03. The van der Waals surface area contributed by atoms with Crippen molar-refractivity contribution < 1.29 is 15.3 Å². The first-order valence-electron chi connectivity index (χ1n) is 9.71. The highest BCUT2D eigenvalue weighted by atomic mass is 35.5. The SMILES string of the molecule is CCCCCc1c(O)c(O)n(CCCn2ccnc2)c1-c1cc(Cl)cc(Cl)c1O. The van der Waals surface area contributed by atoms with Crippen LogP contribution in [0, 0.1) is 0 Å². The summed E-state index contributed by atoms with van der Waals surface area (Å²) in [6, 6.07) is 3.07. The molecule has 1 aromatic carbocycles. The van der Waals surface area contributed by atoms with Gasteiger partial charge in [-0.15, -0.1) is 0 Å². The molecule has 0 bridgehead atoms. The van der Waals surface area contributed by atoms with Gasteiger partial charge < -0.3 is 24.5 Å². The van der Waals surface area contributed by atoms with Crippen molar-refractivity contribution in [3.05, 3.63) is 46.5 Å². The Bertz CT molecular complexity index is 968. The van der Waals surface area contributed by atoms with Gasteiger partial charge in [0.1, 0.15) is 5.75 Å². The molecule has 0 aliphatic rings. The van der Waals surface area contributed by atoms with Gasteiger partial charge in [0, 0.05) is 41.6 Å². The largest absolute Gasteiger partial charge is 0.506 e. The van der Waals surface area contributed by atoms with E-state index in [2.05, 4.69) is 11.9 Å². The van der Waals surface area contributed by atoms with E-state index in [0.717, 1.165) is 19.3 Å². The van der Waals surface area contributed by atoms with Gasteiger partial charge in [0.15, 0.2) is 5.75 Å². The second-order valence-corrected chi connectivity index (χ2v) is 7.89. The van der Waals surface area contributed by atoms with Gasteiger partial charge in [0.05, 0.1) is 17.0 Å². The molecule has 3 N–H and O–H groups in total. The van der Waals surface area contributed by atoms with Crippen molar-refractivity contribution in [3.63, 3.8) is 0 Å². The summed E-state index contributed by atoms with van der Waals surface area (Å²) in [6.07, 6.45) is 9.44. The number of aromatic nitrogens is 3. The molecule has 0 saturated heterocycles. The fourth-order valence-electron chi connectivity index (χ4n) is 3.53. The molecule has 0 aliphatic carbocycles. The fourth-order valence-corrected chi connectivity index (χ4v) is 4.03. The predicted octanol–water partition coefficient (Wildman–Crippen LogP) is 5.60. The molecule has 3 aromatic rings. The highest BCUT2D eigenvalue weighted by Crippen LogP contribution is 2.46. The molecule has 2 heterocycles. The lowest BCUT2D eigenvalue weighted by atomic mass is 10.0. The molecule has 0 fully saturated rings. The highest BCUT2D eigenvalue weighted by Gasteiger charge is 2.25. The van der Waals surface area contributed by atoms with Crippen LogP contribution >= 0.6 is 23.2 Å². The summed E-state index contributed by atoms with van der Waals surface area (Å²) in [7, 11) is 0. The number of phenols is 1. The van der Waals surface area contributed by atoms with Crippen LogP contribution in [-0.2, 0) is 19.5 Å². The second-order valence-electron chi connectivity index (χ2n) is 7.05. The molecular formula is C21H25Cl2N3O3. The lowest BCUT2D eigenvalue weighted by molar-refractivity contribution is 0.366. The Kier molecular flexibility index (Phi) is 6.98. The number of hydrogen-bond acceptors (Lipinski definition) is 4. The van der Waals surface area contributed by atoms with Crippen LogP contribution in [0.1, 0.15) is 38.2 Å². The van der Waals surface area contributed by atoms with Crippen molar-refractivity contribution in [2.24, 2.45) is 0 Å². The van der Waals surface area contributed by atoms with Crippen molar-refractivity contribution in [3.8, 4) is 28.6 Å². The Labute approximate surface area is 180 Å². The number of hydrogen-bond donors (Lipinski definition) is 3. The third-order valence-corrected chi connectivity index (χ3v) is 5.49. The Hall–Kier alpha value is -2.31. The summed E-state index contributed by atoms with van der Waals surface area (Å²) in [5, 5.41) is 32.4. The van der Waals surface area contributed by atoms with Crippen molar-refractivity contribution in [2.75, 3.05) is 0 Å². The van der Waals surface area contributed by atoms with Gasteiger partial charge in [-0.1, -0.05) is 43.0 Å². The molecule has 0 spiro atoms. The average Bonchev–Trinajstić information content (AvgIpc) is 3.28. The predicted molar refractivity (Wildman–Crippen MR) is 115 cm³/mol. The lowest BCUT2D eigenvalue weighted by Crippen LogP contribution is -2.05. The molecule has 8 heteroatoms. The molecule has 0 saturated carbocycles. The zero-order valence-electron chi connectivity index (χ0n) is 16.3. The molecule has 29 heavy (non-hydrogen) atoms. The smallest absolute Gasteiger partial charge is 0.235 e. The molecule has 0 radical (unpaired) electrons. The molecule has 3 rings (SSSR count). The molecular weight excluding hydrogens is 413 g/mol. The zero-order valence-corrected chi connectivity index (χ0v) is 17.8. The standard InChI is InChI=1S/C21H25Cl2N3O3/c1-2-3-4-6-15-18(16-11-14(22)12-17(23)19(16)27)26(21(29)20(15)28)9-5-8-25-10-7-24-13-25/h7,10-13,27-29H,2-6,8-9H2,1H3. The summed E-state index contributed by atoms with van der Waals surface area (Å²) in [5.74, 6) is -0.497. The second kappa shape index (κ2) is 9.46. The van der Waals surface area contributed by atoms with E-state index in [1.807, 2.05) is 10.8 Å². The number of aromatic hydroxyl groups is 3. The first-order chi connectivity index (χ1) is 13.9. The van der Waals surface area contributed by atoms with Crippen LogP contribution in [0.4, 0.5) is 0 Å². The van der Waals surface area contributed by atoms with Gasteiger partial charge in [-0.2, -0.15) is 0 Å². The monoisotopic (exact) mass is 437 g/mol. The first kappa shape index (κ1) is 21.4. The minimum Gasteiger partial charge on any atom is -0.506 e. The number of nitrogens with zero attached hydrogens (tertiary/aromatic N) is 3. The Morgan fingerprint density at radius 1 is 1.00 bits per heavy atom. The van der Waals surface area contributed by atoms with E-state index >= 15 is 0 Å². The Morgan fingerprint density at radius 3 is 2.48 bits per heavy atom. The van der Waals surface area contributed by atoms with Crippen LogP contribution in [0.5, 0.6) is 17.4 Å². The number of benzene rings is 1. The van der Waals surface area contributed by atoms with E-state index in [4.69, 9.17) is 23.2 Å². The number of rotatable bonds is 9. The van der Waals surface area contributed by atoms with Gasteiger partial charge >= 0.3 is 0 Å². The molecule has 156 valence electrons. The summed E-state index contributed by atoms with van der Waals surface area (Å²) in [6.45, 7) is 3.23. The van der Waals surface area contributed by atoms with E-state index in [1.54, 1.807) is 23.2 Å². The summed E-state index contributed by atoms with van der Waals surface area (Å²) >= 11 is 12.3. The third-order valence-electron chi connectivity index (χ3n) is 4.98. The molecule has 0 amide bonds. The summed E-state index contributed by atoms with van der Waals surface area (Å²) in [5.41, 5.74) is 1.53. The minimum absolute atomic E-state index is 0.122. The van der Waals surface area contributed by atoms with Crippen LogP contribution in [0.25, 0.3) is 11.3 Å². The van der Waals surface area contributed by atoms with E-state index in [0.29, 0.717) is 47.8 Å². The Morgan fingerprint density at radius 2 is 1.79 bits per heavy atom. The van der Waals surface area contributed by atoms with E-state index in [9.17, 15) is 15.3 Å². The lowest BCUT2D eigenvalue weighted by Gasteiger charge is -2.15. The van der Waals surface area contributed by atoms with Crippen LogP contribution in [0.3, 0.4) is 0 Å². The van der Waals surface area contributed by atoms with Crippen molar-refractivity contribution >= 4 is 23.2 Å². The number of phenolic OH excluding ortho intramolecular Hbond substituents is 1. The zero-order chi connectivity index (χ0) is 21.0. The number of halogens is 2. The van der Waals surface area contributed by atoms with Crippen molar-refractivity contribution in [1.82, 2.24) is 14.1 Å². The van der Waals surface area contributed by atoms with E-state index in [-0.39, 0.29) is 22.4 Å². The molecule has 0 unspecified atom stereocenters. The fraction of sp³-hybridized carbons (Fsp3) is 0.381. The normalized spacial score (nSPS) is 11.3. The van der Waals surface area contributed by atoms with Crippen molar-refractivity contribution in [1.29, 1.82) is 0 Å². The highest BCUT2D eigenvalue weighted by molar-refractivity contribution is 6.36. The maximum Gasteiger partial charge on any atom is 0.235 e. The van der Waals surface area contributed by atoms with Crippen LogP contribution in [0.2, 0.25) is 10.0 Å². The quantitative estimate of drug-likeness (QED) is 0.380. The molecule has 0 aliphatic heterocycles. The third kappa shape index (κ3) is 4.65. The van der Waals surface area contributed by atoms with Crippen molar-refractivity contribution in [2.45, 2.75) is 52.1 Å². The van der Waals surface area contributed by atoms with Gasteiger partial charge in [-0.3, -0.25) is 0 Å². The van der Waals surface area contributed by atoms with Crippen LogP contribution < -0.4 is 0 Å². The summed E-state index contributed by atoms with van der Waals surface area (Å²) < 4.78 is 3.56. The molecule has 2 aromatic heterocycles. The van der Waals surface area contributed by atoms with Crippen LogP contribution in [0.15, 0.2) is 30.9 Å². The van der Waals surface area contributed by atoms with Gasteiger partial charge in [0.25, 0.3) is 0 Å². The number of imidazole rings is 1. The number of unbranched alkanes of at least 4 members (excludes halogenated alkanes) is 2. The topological polar surface area (TPSA) is 83.4 Å². The number of aryl methyl sites for hydroxylation is 1. The molecule has 6 nitrogen and oxygen atoms in total. The van der Waals surface area contributed by atoms with E-state index in [1.165, 1.54) is 6.07 Å². The van der Waals surface area contributed by atoms with Gasteiger partial charge in [0.2, 0.25) is 5.88 Å². The van der Waals surface area contributed by atoms with Crippen LogP contribution in [-0.4, -0.2) is 29.4 Å². The maximum atomic E-state index is 10.6.